The number of amides is 4. The van der Waals surface area contributed by atoms with Crippen molar-refractivity contribution in [3.8, 4) is 11.5 Å². The lowest BCUT2D eigenvalue weighted by molar-refractivity contribution is -0.134. The Morgan fingerprint density at radius 2 is 2.00 bits per heavy atom. The van der Waals surface area contributed by atoms with Gasteiger partial charge in [0.25, 0.3) is 5.91 Å². The average molecular weight is 435 g/mol. The molecule has 32 heavy (non-hydrogen) atoms. The SMILES string of the molecule is CC1(Cc2ccc3c(c2)OCO3)NC(=O)N(CC(=O)NC2CCCc3ccccc32)C1=O. The van der Waals surface area contributed by atoms with Crippen LogP contribution in [0.3, 0.4) is 0 Å². The maximum Gasteiger partial charge on any atom is 0.325 e. The van der Waals surface area contributed by atoms with Crippen LogP contribution in [0.1, 0.15) is 42.5 Å². The molecule has 2 aromatic rings. The number of nitrogens with one attached hydrogen (secondary N) is 2. The number of rotatable bonds is 5. The minimum atomic E-state index is -1.14. The number of carbonyl (C=O) groups excluding carboxylic acids is 3. The number of hydrogen-bond donors (Lipinski definition) is 2. The third kappa shape index (κ3) is 3.66. The number of ether oxygens (including phenoxy) is 2. The van der Waals surface area contributed by atoms with Gasteiger partial charge in [0.05, 0.1) is 6.04 Å². The van der Waals surface area contributed by atoms with Gasteiger partial charge in [-0.05, 0) is 55.0 Å². The second kappa shape index (κ2) is 7.85. The van der Waals surface area contributed by atoms with Gasteiger partial charge >= 0.3 is 6.03 Å². The van der Waals surface area contributed by atoms with E-state index in [1.54, 1.807) is 13.0 Å². The topological polar surface area (TPSA) is 97.0 Å². The first-order valence-electron chi connectivity index (χ1n) is 10.8. The van der Waals surface area contributed by atoms with E-state index in [0.29, 0.717) is 11.5 Å². The van der Waals surface area contributed by atoms with Gasteiger partial charge in [0.1, 0.15) is 12.1 Å². The first-order valence-corrected chi connectivity index (χ1v) is 10.8. The molecule has 2 unspecified atom stereocenters. The zero-order valence-corrected chi connectivity index (χ0v) is 17.8. The summed E-state index contributed by atoms with van der Waals surface area (Å²) in [5.41, 5.74) is 2.03. The van der Waals surface area contributed by atoms with E-state index in [1.165, 1.54) is 5.56 Å². The molecule has 5 rings (SSSR count). The summed E-state index contributed by atoms with van der Waals surface area (Å²) in [7, 11) is 0. The van der Waals surface area contributed by atoms with Gasteiger partial charge in [-0.1, -0.05) is 30.3 Å². The maximum absolute atomic E-state index is 13.1. The maximum atomic E-state index is 13.1. The van der Waals surface area contributed by atoms with Crippen LogP contribution in [-0.4, -0.2) is 41.6 Å². The molecular weight excluding hydrogens is 410 g/mol. The first kappa shape index (κ1) is 20.4. The Balaban J connectivity index is 1.25. The smallest absolute Gasteiger partial charge is 0.325 e. The van der Waals surface area contributed by atoms with Crippen molar-refractivity contribution in [2.45, 2.75) is 44.2 Å². The van der Waals surface area contributed by atoms with Gasteiger partial charge in [0.15, 0.2) is 11.5 Å². The lowest BCUT2D eigenvalue weighted by atomic mass is 9.88. The third-order valence-electron chi connectivity index (χ3n) is 6.35. The zero-order valence-electron chi connectivity index (χ0n) is 17.8. The van der Waals surface area contributed by atoms with Crippen molar-refractivity contribution in [3.05, 3.63) is 59.2 Å². The summed E-state index contributed by atoms with van der Waals surface area (Å²) >= 11 is 0. The van der Waals surface area contributed by atoms with Crippen molar-refractivity contribution in [1.82, 2.24) is 15.5 Å². The van der Waals surface area contributed by atoms with E-state index in [1.807, 2.05) is 30.3 Å². The molecular formula is C24H25N3O5. The van der Waals surface area contributed by atoms with Gasteiger partial charge in [0, 0.05) is 6.42 Å². The summed E-state index contributed by atoms with van der Waals surface area (Å²) in [6, 6.07) is 12.8. The van der Waals surface area contributed by atoms with Crippen LogP contribution in [0.15, 0.2) is 42.5 Å². The van der Waals surface area contributed by atoms with Gasteiger partial charge in [-0.25, -0.2) is 4.79 Å². The lowest BCUT2D eigenvalue weighted by Gasteiger charge is -2.27. The zero-order chi connectivity index (χ0) is 22.3. The van der Waals surface area contributed by atoms with Crippen LogP contribution in [-0.2, 0) is 22.4 Å². The number of imide groups is 1. The van der Waals surface area contributed by atoms with Crippen molar-refractivity contribution < 1.29 is 23.9 Å². The van der Waals surface area contributed by atoms with E-state index < -0.39 is 17.5 Å². The highest BCUT2D eigenvalue weighted by molar-refractivity contribution is 6.09. The van der Waals surface area contributed by atoms with Gasteiger partial charge < -0.3 is 20.1 Å². The molecule has 1 saturated heterocycles. The van der Waals surface area contributed by atoms with Gasteiger partial charge in [-0.15, -0.1) is 0 Å². The predicted octanol–water partition coefficient (Wildman–Crippen LogP) is 2.46. The molecule has 2 heterocycles. The summed E-state index contributed by atoms with van der Waals surface area (Å²) in [5, 5.41) is 5.76. The quantitative estimate of drug-likeness (QED) is 0.704. The number of hydrogen-bond acceptors (Lipinski definition) is 5. The molecule has 3 aliphatic rings. The standard InChI is InChI=1S/C24H25N3O5/c1-24(12-15-9-10-19-20(11-15)32-14-31-19)22(29)27(23(30)26-24)13-21(28)25-18-8-4-6-16-5-2-3-7-17(16)18/h2-3,5,7,9-11,18H,4,6,8,12-14H2,1H3,(H,25,28)(H,26,30). The summed E-state index contributed by atoms with van der Waals surface area (Å²) < 4.78 is 10.7. The Labute approximate surface area is 185 Å². The predicted molar refractivity (Wildman–Crippen MR) is 115 cm³/mol. The molecule has 1 aliphatic carbocycles. The Bertz CT molecular complexity index is 1100. The van der Waals surface area contributed by atoms with Crippen LogP contribution in [0.2, 0.25) is 0 Å². The highest BCUT2D eigenvalue weighted by Gasteiger charge is 2.48. The van der Waals surface area contributed by atoms with Crippen LogP contribution >= 0.6 is 0 Å². The van der Waals surface area contributed by atoms with Crippen molar-refractivity contribution in [3.63, 3.8) is 0 Å². The van der Waals surface area contributed by atoms with E-state index in [-0.39, 0.29) is 31.7 Å². The van der Waals surface area contributed by atoms with E-state index in [9.17, 15) is 14.4 Å². The third-order valence-corrected chi connectivity index (χ3v) is 6.35. The van der Waals surface area contributed by atoms with Crippen molar-refractivity contribution in [2.24, 2.45) is 0 Å². The second-order valence-corrected chi connectivity index (χ2v) is 8.73. The first-order chi connectivity index (χ1) is 15.4. The molecule has 2 N–H and O–H groups in total. The fourth-order valence-electron chi connectivity index (χ4n) is 4.76. The van der Waals surface area contributed by atoms with E-state index in [2.05, 4.69) is 16.7 Å². The number of fused-ring (bicyclic) bond motifs is 2. The molecule has 0 bridgehead atoms. The van der Waals surface area contributed by atoms with Gasteiger partial charge in [-0.2, -0.15) is 0 Å². The Kier molecular flexibility index (Phi) is 5.00. The molecule has 0 saturated carbocycles. The fraction of sp³-hybridized carbons (Fsp3) is 0.375. The van der Waals surface area contributed by atoms with Crippen LogP contribution < -0.4 is 20.1 Å². The van der Waals surface area contributed by atoms with Crippen molar-refractivity contribution in [2.75, 3.05) is 13.3 Å². The number of benzene rings is 2. The molecule has 2 aliphatic heterocycles. The second-order valence-electron chi connectivity index (χ2n) is 8.73. The van der Waals surface area contributed by atoms with Crippen molar-refractivity contribution in [1.29, 1.82) is 0 Å². The fourth-order valence-corrected chi connectivity index (χ4v) is 4.76. The van der Waals surface area contributed by atoms with Gasteiger partial charge in [-0.3, -0.25) is 14.5 Å². The monoisotopic (exact) mass is 435 g/mol. The molecule has 2 aromatic carbocycles. The molecule has 8 nitrogen and oxygen atoms in total. The minimum Gasteiger partial charge on any atom is -0.454 e. The van der Waals surface area contributed by atoms with Crippen LogP contribution in [0.4, 0.5) is 4.79 Å². The van der Waals surface area contributed by atoms with Crippen LogP contribution in [0.5, 0.6) is 11.5 Å². The summed E-state index contributed by atoms with van der Waals surface area (Å²) in [4.78, 5) is 39.4. The summed E-state index contributed by atoms with van der Waals surface area (Å²) in [6.07, 6.45) is 3.10. The highest BCUT2D eigenvalue weighted by Crippen LogP contribution is 2.34. The number of aryl methyl sites for hydroxylation is 1. The summed E-state index contributed by atoms with van der Waals surface area (Å²) in [5.74, 6) is 0.511. The molecule has 4 amide bonds. The van der Waals surface area contributed by atoms with Crippen LogP contribution in [0, 0.1) is 0 Å². The molecule has 0 radical (unpaired) electrons. The molecule has 166 valence electrons. The minimum absolute atomic E-state index is 0.103. The Morgan fingerprint density at radius 3 is 2.88 bits per heavy atom. The molecule has 1 fully saturated rings. The number of urea groups is 1. The molecule has 2 atom stereocenters. The number of carbonyl (C=O) groups is 3. The number of nitrogens with zero attached hydrogens (tertiary/aromatic N) is 1. The Hall–Kier alpha value is -3.55. The molecule has 0 aromatic heterocycles. The lowest BCUT2D eigenvalue weighted by Crippen LogP contribution is -2.47. The van der Waals surface area contributed by atoms with E-state index in [0.717, 1.165) is 35.3 Å². The normalized spacial score (nSPS) is 23.7. The van der Waals surface area contributed by atoms with E-state index >= 15 is 0 Å². The van der Waals surface area contributed by atoms with Gasteiger partial charge in [0.2, 0.25) is 12.7 Å². The van der Waals surface area contributed by atoms with Crippen molar-refractivity contribution >= 4 is 17.8 Å². The largest absolute Gasteiger partial charge is 0.454 e. The average Bonchev–Trinajstić information content (AvgIpc) is 3.32. The van der Waals surface area contributed by atoms with Crippen LogP contribution in [0.25, 0.3) is 0 Å². The molecule has 8 heteroatoms. The summed E-state index contributed by atoms with van der Waals surface area (Å²) in [6.45, 7) is 1.53. The Morgan fingerprint density at radius 1 is 1.19 bits per heavy atom. The molecule has 0 spiro atoms. The highest BCUT2D eigenvalue weighted by atomic mass is 16.7. The van der Waals surface area contributed by atoms with E-state index in [4.69, 9.17) is 9.47 Å².